The van der Waals surface area contributed by atoms with Gasteiger partial charge in [0.25, 0.3) is 5.91 Å². The fourth-order valence-corrected chi connectivity index (χ4v) is 4.40. The minimum Gasteiger partial charge on any atom is -0.480 e. The summed E-state index contributed by atoms with van der Waals surface area (Å²) in [5.41, 5.74) is 4.70. The smallest absolute Gasteiger partial charge is 0.407 e. The van der Waals surface area contributed by atoms with Gasteiger partial charge in [0.2, 0.25) is 0 Å². The first-order valence-electron chi connectivity index (χ1n) is 11.2. The van der Waals surface area contributed by atoms with Crippen molar-refractivity contribution in [2.45, 2.75) is 30.8 Å². The van der Waals surface area contributed by atoms with Gasteiger partial charge in [-0.2, -0.15) is 0 Å². The number of hydrogen-bond donors (Lipinski definition) is 3. The Balaban J connectivity index is 1.15. The van der Waals surface area contributed by atoms with Gasteiger partial charge in [-0.05, 0) is 52.8 Å². The van der Waals surface area contributed by atoms with E-state index < -0.39 is 23.5 Å². The molecule has 0 saturated heterocycles. The van der Waals surface area contributed by atoms with Crippen LogP contribution >= 0.6 is 0 Å². The summed E-state index contributed by atoms with van der Waals surface area (Å²) in [6.07, 6.45) is 0.368. The van der Waals surface area contributed by atoms with Gasteiger partial charge in [0, 0.05) is 18.0 Å². The van der Waals surface area contributed by atoms with Crippen LogP contribution in [-0.4, -0.2) is 35.2 Å². The first kappa shape index (κ1) is 21.7. The van der Waals surface area contributed by atoms with Gasteiger partial charge in [-0.1, -0.05) is 60.7 Å². The van der Waals surface area contributed by atoms with E-state index in [0.29, 0.717) is 18.4 Å². The van der Waals surface area contributed by atoms with Crippen molar-refractivity contribution >= 4 is 18.0 Å². The van der Waals surface area contributed by atoms with Crippen molar-refractivity contribution in [3.63, 3.8) is 0 Å². The maximum atomic E-state index is 12.3. The number of aliphatic carboxylic acids is 1. The van der Waals surface area contributed by atoms with Crippen molar-refractivity contribution in [2.75, 3.05) is 6.61 Å². The van der Waals surface area contributed by atoms with Crippen molar-refractivity contribution in [1.82, 2.24) is 10.6 Å². The van der Waals surface area contributed by atoms with E-state index >= 15 is 0 Å². The van der Waals surface area contributed by atoms with Gasteiger partial charge in [-0.25, -0.2) is 9.59 Å². The van der Waals surface area contributed by atoms with Crippen LogP contribution in [0.1, 0.15) is 45.8 Å². The summed E-state index contributed by atoms with van der Waals surface area (Å²) in [5, 5.41) is 14.5. The predicted molar refractivity (Wildman–Crippen MR) is 125 cm³/mol. The van der Waals surface area contributed by atoms with Crippen LogP contribution < -0.4 is 10.6 Å². The van der Waals surface area contributed by atoms with E-state index in [0.717, 1.165) is 16.7 Å². The number of nitrogens with one attached hydrogen (secondary N) is 2. The van der Waals surface area contributed by atoms with Crippen molar-refractivity contribution < 1.29 is 24.2 Å². The Morgan fingerprint density at radius 2 is 1.47 bits per heavy atom. The Hall–Kier alpha value is -4.13. The van der Waals surface area contributed by atoms with Crippen LogP contribution in [0, 0.1) is 0 Å². The van der Waals surface area contributed by atoms with E-state index in [9.17, 15) is 19.5 Å². The number of amides is 2. The monoisotopic (exact) mass is 456 g/mol. The molecule has 1 fully saturated rings. The molecule has 5 rings (SSSR count). The van der Waals surface area contributed by atoms with Crippen LogP contribution in [0.5, 0.6) is 0 Å². The van der Waals surface area contributed by atoms with Crippen molar-refractivity contribution in [2.24, 2.45) is 0 Å². The fraction of sp³-hybridized carbons (Fsp3) is 0.222. The Morgan fingerprint density at radius 1 is 0.882 bits per heavy atom. The molecule has 3 N–H and O–H groups in total. The molecular weight excluding hydrogens is 432 g/mol. The van der Waals surface area contributed by atoms with Crippen molar-refractivity contribution in [3.8, 4) is 11.1 Å². The number of fused-ring (bicyclic) bond motifs is 3. The average Bonchev–Trinajstić information content (AvgIpc) is 3.57. The zero-order chi connectivity index (χ0) is 23.7. The third-order valence-corrected chi connectivity index (χ3v) is 6.51. The molecule has 0 aliphatic heterocycles. The quantitative estimate of drug-likeness (QED) is 0.497. The number of carboxylic acids is 1. The molecule has 0 unspecified atom stereocenters. The average molecular weight is 456 g/mol. The van der Waals surface area contributed by atoms with Gasteiger partial charge in [-0.3, -0.25) is 4.79 Å². The van der Waals surface area contributed by atoms with Crippen LogP contribution in [-0.2, 0) is 16.1 Å². The molecule has 0 aromatic heterocycles. The van der Waals surface area contributed by atoms with E-state index in [1.165, 1.54) is 11.1 Å². The molecule has 0 heterocycles. The largest absolute Gasteiger partial charge is 0.480 e. The molecule has 3 aromatic rings. The molecule has 3 aromatic carbocycles. The zero-order valence-electron chi connectivity index (χ0n) is 18.4. The predicted octanol–water partition coefficient (Wildman–Crippen LogP) is 4.07. The topological polar surface area (TPSA) is 105 Å². The summed E-state index contributed by atoms with van der Waals surface area (Å²) >= 11 is 0. The van der Waals surface area contributed by atoms with Gasteiger partial charge >= 0.3 is 12.1 Å². The fourth-order valence-electron chi connectivity index (χ4n) is 4.40. The second kappa shape index (κ2) is 8.67. The Bertz CT molecular complexity index is 1220. The van der Waals surface area contributed by atoms with Crippen LogP contribution in [0.3, 0.4) is 0 Å². The maximum absolute atomic E-state index is 12.3. The zero-order valence-corrected chi connectivity index (χ0v) is 18.4. The third kappa shape index (κ3) is 4.12. The molecular formula is C27H24N2O5. The molecule has 34 heavy (non-hydrogen) atoms. The number of alkyl carbamates (subject to hydrolysis) is 1. The third-order valence-electron chi connectivity index (χ3n) is 6.51. The minimum atomic E-state index is -1.12. The molecule has 0 bridgehead atoms. The standard InChI is InChI=1S/C27H24N2O5/c30-24(29-27(13-14-27)25(31)32)18-11-9-17(10-12-18)15-28-26(33)34-16-23-21-7-3-1-5-19(21)20-6-2-4-8-22(20)23/h1-12,23H,13-16H2,(H,28,33)(H,29,30)(H,31,32). The molecule has 172 valence electrons. The van der Waals surface area contributed by atoms with Gasteiger partial charge < -0.3 is 20.5 Å². The molecule has 7 heteroatoms. The Labute approximate surface area is 196 Å². The minimum absolute atomic E-state index is 0.00323. The molecule has 0 atom stereocenters. The molecule has 7 nitrogen and oxygen atoms in total. The van der Waals surface area contributed by atoms with Crippen LogP contribution in [0.15, 0.2) is 72.8 Å². The Morgan fingerprint density at radius 3 is 2.03 bits per heavy atom. The molecule has 2 aliphatic rings. The van der Waals surface area contributed by atoms with Crippen LogP contribution in [0.25, 0.3) is 11.1 Å². The van der Waals surface area contributed by atoms with Crippen LogP contribution in [0.4, 0.5) is 4.79 Å². The van der Waals surface area contributed by atoms with E-state index in [2.05, 4.69) is 34.9 Å². The van der Waals surface area contributed by atoms with Gasteiger partial charge in [0.15, 0.2) is 0 Å². The second-order valence-corrected chi connectivity index (χ2v) is 8.72. The highest BCUT2D eigenvalue weighted by atomic mass is 16.5. The Kier molecular flexibility index (Phi) is 5.53. The summed E-state index contributed by atoms with van der Waals surface area (Å²) in [6.45, 7) is 0.488. The summed E-state index contributed by atoms with van der Waals surface area (Å²) in [4.78, 5) is 35.9. The van der Waals surface area contributed by atoms with Gasteiger partial charge in [-0.15, -0.1) is 0 Å². The second-order valence-electron chi connectivity index (χ2n) is 8.72. The van der Waals surface area contributed by atoms with Crippen LogP contribution in [0.2, 0.25) is 0 Å². The normalized spacial score (nSPS) is 15.1. The molecule has 0 spiro atoms. The van der Waals surface area contributed by atoms with Crippen molar-refractivity contribution in [3.05, 3.63) is 95.1 Å². The summed E-state index contributed by atoms with van der Waals surface area (Å²) in [5.74, 6) is -1.43. The summed E-state index contributed by atoms with van der Waals surface area (Å²) in [7, 11) is 0. The van der Waals surface area contributed by atoms with Crippen molar-refractivity contribution in [1.29, 1.82) is 0 Å². The van der Waals surface area contributed by atoms with E-state index in [4.69, 9.17) is 4.74 Å². The highest BCUT2D eigenvalue weighted by molar-refractivity contribution is 5.99. The maximum Gasteiger partial charge on any atom is 0.407 e. The number of ether oxygens (including phenoxy) is 1. The SMILES string of the molecule is O=C(NCc1ccc(C(=O)NC2(C(=O)O)CC2)cc1)OCC1c2ccccc2-c2ccccc21. The van der Waals surface area contributed by atoms with E-state index in [1.807, 2.05) is 24.3 Å². The van der Waals surface area contributed by atoms with Gasteiger partial charge in [0.1, 0.15) is 12.1 Å². The molecule has 1 saturated carbocycles. The molecule has 0 radical (unpaired) electrons. The number of carbonyl (C=O) groups is 3. The molecule has 2 aliphatic carbocycles. The number of rotatable bonds is 7. The lowest BCUT2D eigenvalue weighted by molar-refractivity contribution is -0.140. The summed E-state index contributed by atoms with van der Waals surface area (Å²) in [6, 6.07) is 23.0. The summed E-state index contributed by atoms with van der Waals surface area (Å²) < 4.78 is 5.54. The molecule has 2 amide bonds. The number of hydrogen-bond acceptors (Lipinski definition) is 4. The number of carboxylic acid groups (broad SMARTS) is 1. The number of carbonyl (C=O) groups excluding carboxylic acids is 2. The first-order chi connectivity index (χ1) is 16.5. The van der Waals surface area contributed by atoms with E-state index in [-0.39, 0.29) is 19.1 Å². The first-order valence-corrected chi connectivity index (χ1v) is 11.2. The lowest BCUT2D eigenvalue weighted by Crippen LogP contribution is -2.43. The highest BCUT2D eigenvalue weighted by Gasteiger charge is 2.51. The van der Waals surface area contributed by atoms with E-state index in [1.54, 1.807) is 24.3 Å². The highest BCUT2D eigenvalue weighted by Crippen LogP contribution is 2.44. The lowest BCUT2D eigenvalue weighted by Gasteiger charge is -2.15. The lowest BCUT2D eigenvalue weighted by atomic mass is 9.98. The number of benzene rings is 3. The van der Waals surface area contributed by atoms with Gasteiger partial charge in [0.05, 0.1) is 0 Å².